The maximum Gasteiger partial charge on any atom is 0.270 e. The summed E-state index contributed by atoms with van der Waals surface area (Å²) < 4.78 is 5.62. The Kier molecular flexibility index (Phi) is 6.42. The van der Waals surface area contributed by atoms with Crippen molar-refractivity contribution in [2.45, 2.75) is 25.4 Å². The Labute approximate surface area is 169 Å². The Bertz CT molecular complexity index is 871. The van der Waals surface area contributed by atoms with Gasteiger partial charge in [0, 0.05) is 16.6 Å². The highest BCUT2D eigenvalue weighted by Crippen LogP contribution is 2.27. The van der Waals surface area contributed by atoms with Crippen molar-refractivity contribution in [3.05, 3.63) is 56.9 Å². The van der Waals surface area contributed by atoms with Gasteiger partial charge in [-0.25, -0.2) is 0 Å². The van der Waals surface area contributed by atoms with Crippen molar-refractivity contribution in [2.24, 2.45) is 0 Å². The molecule has 0 bridgehead atoms. The number of hydrogen-bond acceptors (Lipinski definition) is 6. The van der Waals surface area contributed by atoms with Gasteiger partial charge in [-0.1, -0.05) is 0 Å². The third-order valence-electron chi connectivity index (χ3n) is 4.47. The molecule has 1 unspecified atom stereocenters. The summed E-state index contributed by atoms with van der Waals surface area (Å²) in [7, 11) is 0. The minimum absolute atomic E-state index is 0.0578. The lowest BCUT2D eigenvalue weighted by Gasteiger charge is -2.23. The first-order valence-corrected chi connectivity index (χ1v) is 9.51. The summed E-state index contributed by atoms with van der Waals surface area (Å²) in [5.41, 5.74) is 0.367. The lowest BCUT2D eigenvalue weighted by atomic mass is 10.2. The summed E-state index contributed by atoms with van der Waals surface area (Å²) in [5, 5.41) is 16.3. The quantitative estimate of drug-likeness (QED) is 0.494. The van der Waals surface area contributed by atoms with E-state index in [-0.39, 0.29) is 30.1 Å². The first kappa shape index (κ1) is 20.0. The minimum atomic E-state index is -0.507. The van der Waals surface area contributed by atoms with Crippen molar-refractivity contribution in [3.8, 4) is 0 Å². The van der Waals surface area contributed by atoms with E-state index in [9.17, 15) is 19.7 Å². The number of benzene rings is 1. The monoisotopic (exact) mass is 450 g/mol. The Balaban J connectivity index is 1.55. The van der Waals surface area contributed by atoms with Crippen LogP contribution in [-0.4, -0.2) is 40.8 Å². The van der Waals surface area contributed by atoms with E-state index in [1.807, 2.05) is 4.90 Å². The lowest BCUT2D eigenvalue weighted by Crippen LogP contribution is -2.45. The number of nitro benzene ring substituents is 1. The average molecular weight is 451 g/mol. The highest BCUT2D eigenvalue weighted by atomic mass is 79.9. The molecule has 9 nitrogen and oxygen atoms in total. The van der Waals surface area contributed by atoms with E-state index in [4.69, 9.17) is 4.42 Å². The molecule has 1 aromatic carbocycles. The van der Waals surface area contributed by atoms with Gasteiger partial charge < -0.3 is 15.1 Å². The van der Waals surface area contributed by atoms with Gasteiger partial charge in [0.1, 0.15) is 5.76 Å². The molecule has 2 heterocycles. The van der Waals surface area contributed by atoms with Crippen molar-refractivity contribution in [1.82, 2.24) is 10.2 Å². The van der Waals surface area contributed by atoms with Gasteiger partial charge in [-0.05, 0) is 53.5 Å². The van der Waals surface area contributed by atoms with Gasteiger partial charge in [0.25, 0.3) is 5.69 Å². The van der Waals surface area contributed by atoms with Gasteiger partial charge in [-0.15, -0.1) is 0 Å². The van der Waals surface area contributed by atoms with E-state index in [0.717, 1.165) is 6.42 Å². The summed E-state index contributed by atoms with van der Waals surface area (Å²) in [6, 6.07) is 7.28. The van der Waals surface area contributed by atoms with E-state index in [2.05, 4.69) is 26.6 Å². The number of nitro groups is 1. The zero-order chi connectivity index (χ0) is 20.1. The molecule has 0 spiro atoms. The highest BCUT2D eigenvalue weighted by Gasteiger charge is 2.31. The normalized spacial score (nSPS) is 16.7. The predicted molar refractivity (Wildman–Crippen MR) is 105 cm³/mol. The number of halogens is 1. The van der Waals surface area contributed by atoms with Crippen molar-refractivity contribution in [2.75, 3.05) is 18.4 Å². The first-order chi connectivity index (χ1) is 13.4. The molecule has 0 saturated carbocycles. The summed E-state index contributed by atoms with van der Waals surface area (Å²) >= 11 is 3.23. The van der Waals surface area contributed by atoms with Crippen LogP contribution in [0.1, 0.15) is 18.6 Å². The zero-order valence-corrected chi connectivity index (χ0v) is 16.5. The van der Waals surface area contributed by atoms with Gasteiger partial charge in [0.2, 0.25) is 11.8 Å². The molecular weight excluding hydrogens is 432 g/mol. The molecule has 1 aromatic heterocycles. The fourth-order valence-electron chi connectivity index (χ4n) is 3.11. The maximum atomic E-state index is 12.4. The number of amides is 2. The van der Waals surface area contributed by atoms with Gasteiger partial charge >= 0.3 is 0 Å². The van der Waals surface area contributed by atoms with Crippen molar-refractivity contribution < 1.29 is 18.9 Å². The Hall–Kier alpha value is -2.72. The fourth-order valence-corrected chi connectivity index (χ4v) is 3.58. The Morgan fingerprint density at radius 2 is 2.18 bits per heavy atom. The second kappa shape index (κ2) is 8.98. The van der Waals surface area contributed by atoms with E-state index < -0.39 is 4.92 Å². The Morgan fingerprint density at radius 3 is 2.86 bits per heavy atom. The van der Waals surface area contributed by atoms with Crippen LogP contribution in [0.5, 0.6) is 0 Å². The number of nitrogens with one attached hydrogen (secondary N) is 2. The van der Waals surface area contributed by atoms with E-state index in [1.165, 1.54) is 18.2 Å². The van der Waals surface area contributed by atoms with Crippen LogP contribution in [0.2, 0.25) is 0 Å². The number of carbonyl (C=O) groups excluding carboxylic acids is 2. The summed E-state index contributed by atoms with van der Waals surface area (Å²) in [5.74, 6) is 0.233. The molecule has 1 atom stereocenters. The number of non-ortho nitro benzene ring substituents is 1. The molecule has 0 radical (unpaired) electrons. The first-order valence-electron chi connectivity index (χ1n) is 8.72. The molecule has 1 aliphatic heterocycles. The van der Waals surface area contributed by atoms with Crippen LogP contribution in [0.25, 0.3) is 0 Å². The largest absolute Gasteiger partial charge is 0.467 e. The molecule has 3 rings (SSSR count). The molecule has 1 aliphatic rings. The molecule has 2 aromatic rings. The summed E-state index contributed by atoms with van der Waals surface area (Å²) in [4.78, 5) is 37.0. The molecule has 2 N–H and O–H groups in total. The molecule has 0 aliphatic carbocycles. The number of rotatable bonds is 7. The second-order valence-electron chi connectivity index (χ2n) is 6.40. The van der Waals surface area contributed by atoms with Crippen LogP contribution in [0, 0.1) is 10.1 Å². The third kappa shape index (κ3) is 4.96. The number of hydrogen-bond donors (Lipinski definition) is 2. The standard InChI is InChI=1S/C18H19BrN4O5/c19-14-9-12(23(26)27)5-6-15(14)21-17(24)11-22-7-1-4-16(22)18(25)20-10-13-3-2-8-28-13/h2-3,5-6,8-9,16H,1,4,7,10-11H2,(H,20,25)(H,21,24). The lowest BCUT2D eigenvalue weighted by molar-refractivity contribution is -0.384. The van der Waals surface area contributed by atoms with Gasteiger partial charge in [-0.2, -0.15) is 0 Å². The van der Waals surface area contributed by atoms with E-state index in [0.29, 0.717) is 35.4 Å². The van der Waals surface area contributed by atoms with Crippen LogP contribution >= 0.6 is 15.9 Å². The van der Waals surface area contributed by atoms with Crippen LogP contribution in [0.4, 0.5) is 11.4 Å². The number of anilines is 1. The Morgan fingerprint density at radius 1 is 1.36 bits per heavy atom. The van der Waals surface area contributed by atoms with Crippen LogP contribution in [0.15, 0.2) is 45.5 Å². The van der Waals surface area contributed by atoms with Crippen LogP contribution in [-0.2, 0) is 16.1 Å². The number of furan rings is 1. The van der Waals surface area contributed by atoms with Crippen molar-refractivity contribution in [1.29, 1.82) is 0 Å². The zero-order valence-electron chi connectivity index (χ0n) is 14.9. The highest BCUT2D eigenvalue weighted by molar-refractivity contribution is 9.10. The smallest absolute Gasteiger partial charge is 0.270 e. The van der Waals surface area contributed by atoms with Gasteiger partial charge in [0.15, 0.2) is 0 Å². The number of likely N-dealkylation sites (tertiary alicyclic amines) is 1. The maximum absolute atomic E-state index is 12.4. The van der Waals surface area contributed by atoms with Crippen molar-refractivity contribution in [3.63, 3.8) is 0 Å². The van der Waals surface area contributed by atoms with E-state index >= 15 is 0 Å². The van der Waals surface area contributed by atoms with Gasteiger partial charge in [0.05, 0.1) is 36.0 Å². The topological polar surface area (TPSA) is 118 Å². The third-order valence-corrected chi connectivity index (χ3v) is 5.12. The van der Waals surface area contributed by atoms with Crippen molar-refractivity contribution >= 4 is 39.1 Å². The molecule has 10 heteroatoms. The predicted octanol–water partition coefficient (Wildman–Crippen LogP) is 2.67. The molecule has 28 heavy (non-hydrogen) atoms. The molecular formula is C18H19BrN4O5. The van der Waals surface area contributed by atoms with Crippen LogP contribution in [0.3, 0.4) is 0 Å². The molecule has 1 saturated heterocycles. The van der Waals surface area contributed by atoms with E-state index in [1.54, 1.807) is 18.4 Å². The molecule has 1 fully saturated rings. The second-order valence-corrected chi connectivity index (χ2v) is 7.25. The minimum Gasteiger partial charge on any atom is -0.467 e. The molecule has 148 valence electrons. The fraction of sp³-hybridized carbons (Fsp3) is 0.333. The SMILES string of the molecule is O=C(CN1CCCC1C(=O)NCc1ccco1)Nc1ccc([N+](=O)[O-])cc1Br. The summed E-state index contributed by atoms with van der Waals surface area (Å²) in [6.07, 6.45) is 3.05. The average Bonchev–Trinajstić information content (AvgIpc) is 3.33. The molecule has 2 amide bonds. The summed E-state index contributed by atoms with van der Waals surface area (Å²) in [6.45, 7) is 1.01. The number of nitrogens with zero attached hydrogens (tertiary/aromatic N) is 2. The van der Waals surface area contributed by atoms with Crippen LogP contribution < -0.4 is 10.6 Å². The number of carbonyl (C=O) groups is 2. The van der Waals surface area contributed by atoms with Gasteiger partial charge in [-0.3, -0.25) is 24.6 Å².